The first-order chi connectivity index (χ1) is 6.70. The minimum Gasteiger partial charge on any atom is -0.387 e. The highest BCUT2D eigenvalue weighted by atomic mass is 14.9. The molecule has 0 amide bonds. The molecule has 0 aromatic heterocycles. The Balaban J connectivity index is 2.15. The number of hydrogen-bond donors (Lipinski definition) is 1. The van der Waals surface area contributed by atoms with Crippen molar-refractivity contribution >= 4 is 5.84 Å². The van der Waals surface area contributed by atoms with Gasteiger partial charge in [-0.25, -0.2) is 0 Å². The Bertz CT molecular complexity index is 179. The fourth-order valence-electron chi connectivity index (χ4n) is 2.06. The molecule has 0 aliphatic heterocycles. The first-order valence-corrected chi connectivity index (χ1v) is 6.00. The molecule has 82 valence electrons. The van der Waals surface area contributed by atoms with Crippen LogP contribution in [0.5, 0.6) is 0 Å². The molecule has 0 unspecified atom stereocenters. The number of nitrogens with two attached hydrogens (primary N) is 1. The van der Waals surface area contributed by atoms with Gasteiger partial charge in [-0.3, -0.25) is 4.99 Å². The summed E-state index contributed by atoms with van der Waals surface area (Å²) in [5.74, 6) is 2.32. The molecular formula is C12H24N2. The largest absolute Gasteiger partial charge is 0.387 e. The summed E-state index contributed by atoms with van der Waals surface area (Å²) >= 11 is 0. The minimum absolute atomic E-state index is 0.606. The topological polar surface area (TPSA) is 38.4 Å². The molecule has 1 aliphatic rings. The fourth-order valence-corrected chi connectivity index (χ4v) is 2.06. The van der Waals surface area contributed by atoms with Gasteiger partial charge in [-0.15, -0.1) is 0 Å². The van der Waals surface area contributed by atoms with E-state index >= 15 is 0 Å². The van der Waals surface area contributed by atoms with Crippen molar-refractivity contribution in [2.75, 3.05) is 6.54 Å². The van der Waals surface area contributed by atoms with Crippen molar-refractivity contribution < 1.29 is 0 Å². The fraction of sp³-hybridized carbons (Fsp3) is 0.917. The number of rotatable bonds is 5. The smallest absolute Gasteiger partial charge is 0.0968 e. The zero-order valence-corrected chi connectivity index (χ0v) is 9.63. The molecule has 0 aromatic carbocycles. The number of nitrogens with zero attached hydrogens (tertiary/aromatic N) is 1. The van der Waals surface area contributed by atoms with Crippen LogP contribution in [-0.2, 0) is 0 Å². The molecule has 2 nitrogen and oxygen atoms in total. The highest BCUT2D eigenvalue weighted by Crippen LogP contribution is 2.24. The quantitative estimate of drug-likeness (QED) is 0.410. The Labute approximate surface area is 88.0 Å². The lowest BCUT2D eigenvalue weighted by molar-refractivity contribution is 0.560. The zero-order chi connectivity index (χ0) is 10.4. The lowest BCUT2D eigenvalue weighted by Crippen LogP contribution is -2.21. The van der Waals surface area contributed by atoms with Gasteiger partial charge in [-0.2, -0.15) is 0 Å². The Morgan fingerprint density at radius 2 is 2.00 bits per heavy atom. The molecule has 0 heterocycles. The summed E-state index contributed by atoms with van der Waals surface area (Å²) in [6, 6.07) is 0. The molecular weight excluding hydrogens is 172 g/mol. The van der Waals surface area contributed by atoms with Gasteiger partial charge in [-0.05, 0) is 31.6 Å². The van der Waals surface area contributed by atoms with E-state index in [0.717, 1.165) is 18.3 Å². The molecule has 0 atom stereocenters. The van der Waals surface area contributed by atoms with Crippen LogP contribution in [0, 0.1) is 11.8 Å². The molecule has 0 aromatic rings. The van der Waals surface area contributed by atoms with Crippen molar-refractivity contribution in [2.45, 2.75) is 52.4 Å². The van der Waals surface area contributed by atoms with Gasteiger partial charge in [0.25, 0.3) is 0 Å². The monoisotopic (exact) mass is 196 g/mol. The molecule has 1 aliphatic carbocycles. The van der Waals surface area contributed by atoms with E-state index in [2.05, 4.69) is 18.8 Å². The average Bonchev–Trinajstić information content (AvgIpc) is 2.64. The van der Waals surface area contributed by atoms with Crippen LogP contribution in [0.2, 0.25) is 0 Å². The van der Waals surface area contributed by atoms with Gasteiger partial charge >= 0.3 is 0 Å². The van der Waals surface area contributed by atoms with E-state index in [0.29, 0.717) is 5.92 Å². The van der Waals surface area contributed by atoms with Crippen LogP contribution in [0.3, 0.4) is 0 Å². The number of hydrogen-bond acceptors (Lipinski definition) is 1. The summed E-state index contributed by atoms with van der Waals surface area (Å²) in [4.78, 5) is 4.47. The van der Waals surface area contributed by atoms with Crippen molar-refractivity contribution in [3.63, 3.8) is 0 Å². The van der Waals surface area contributed by atoms with E-state index in [9.17, 15) is 0 Å². The highest BCUT2D eigenvalue weighted by Gasteiger charge is 2.17. The predicted molar refractivity (Wildman–Crippen MR) is 62.5 cm³/mol. The molecule has 0 radical (unpaired) electrons. The Morgan fingerprint density at radius 3 is 2.57 bits per heavy atom. The lowest BCUT2D eigenvalue weighted by atomic mass is 10.1. The van der Waals surface area contributed by atoms with Crippen molar-refractivity contribution in [1.29, 1.82) is 0 Å². The van der Waals surface area contributed by atoms with Gasteiger partial charge in [0.2, 0.25) is 0 Å². The molecule has 1 rings (SSSR count). The van der Waals surface area contributed by atoms with E-state index in [1.54, 1.807) is 0 Å². The van der Waals surface area contributed by atoms with Crippen molar-refractivity contribution in [2.24, 2.45) is 22.6 Å². The normalized spacial score (nSPS) is 19.5. The Kier molecular flexibility index (Phi) is 4.99. The van der Waals surface area contributed by atoms with Gasteiger partial charge < -0.3 is 5.73 Å². The second-order valence-corrected chi connectivity index (χ2v) is 4.82. The standard InChI is InChI=1S/C12H24N2/c1-10(2)6-5-9-14-12(13)11-7-3-4-8-11/h10-11H,3-9H2,1-2H3,(H2,13,14). The van der Waals surface area contributed by atoms with Gasteiger partial charge in [0.15, 0.2) is 0 Å². The van der Waals surface area contributed by atoms with Crippen LogP contribution >= 0.6 is 0 Å². The number of aliphatic imine (C=N–C) groups is 1. The van der Waals surface area contributed by atoms with E-state index in [1.165, 1.54) is 38.5 Å². The van der Waals surface area contributed by atoms with E-state index in [4.69, 9.17) is 5.73 Å². The van der Waals surface area contributed by atoms with Gasteiger partial charge in [-0.1, -0.05) is 26.7 Å². The van der Waals surface area contributed by atoms with Crippen LogP contribution < -0.4 is 5.73 Å². The number of amidine groups is 1. The first-order valence-electron chi connectivity index (χ1n) is 6.00. The van der Waals surface area contributed by atoms with E-state index in [1.807, 2.05) is 0 Å². The lowest BCUT2D eigenvalue weighted by Gasteiger charge is -2.08. The summed E-state index contributed by atoms with van der Waals surface area (Å²) in [6.45, 7) is 5.44. The summed E-state index contributed by atoms with van der Waals surface area (Å²) in [7, 11) is 0. The highest BCUT2D eigenvalue weighted by molar-refractivity contribution is 5.83. The Hall–Kier alpha value is -0.530. The second-order valence-electron chi connectivity index (χ2n) is 4.82. The third-order valence-corrected chi connectivity index (χ3v) is 3.01. The van der Waals surface area contributed by atoms with Crippen molar-refractivity contribution in [1.82, 2.24) is 0 Å². The maximum Gasteiger partial charge on any atom is 0.0968 e. The summed E-state index contributed by atoms with van der Waals surface area (Å²) in [6.07, 6.45) is 7.66. The van der Waals surface area contributed by atoms with Crippen LogP contribution in [0.4, 0.5) is 0 Å². The molecule has 2 N–H and O–H groups in total. The van der Waals surface area contributed by atoms with Crippen LogP contribution in [-0.4, -0.2) is 12.4 Å². The molecule has 14 heavy (non-hydrogen) atoms. The zero-order valence-electron chi connectivity index (χ0n) is 9.63. The van der Waals surface area contributed by atoms with Crippen LogP contribution in [0.25, 0.3) is 0 Å². The van der Waals surface area contributed by atoms with Gasteiger partial charge in [0, 0.05) is 12.5 Å². The van der Waals surface area contributed by atoms with Crippen LogP contribution in [0.15, 0.2) is 4.99 Å². The first kappa shape index (κ1) is 11.5. The molecule has 0 spiro atoms. The maximum atomic E-state index is 5.95. The summed E-state index contributed by atoms with van der Waals surface area (Å²) < 4.78 is 0. The van der Waals surface area contributed by atoms with E-state index < -0.39 is 0 Å². The average molecular weight is 196 g/mol. The second kappa shape index (κ2) is 6.05. The van der Waals surface area contributed by atoms with E-state index in [-0.39, 0.29) is 0 Å². The van der Waals surface area contributed by atoms with Gasteiger partial charge in [0.1, 0.15) is 0 Å². The Morgan fingerprint density at radius 1 is 1.36 bits per heavy atom. The third kappa shape index (κ3) is 4.12. The predicted octanol–water partition coefficient (Wildman–Crippen LogP) is 2.97. The third-order valence-electron chi connectivity index (χ3n) is 3.01. The SMILES string of the molecule is CC(C)CCCN=C(N)C1CCCC1. The summed E-state index contributed by atoms with van der Waals surface area (Å²) in [5, 5.41) is 0. The van der Waals surface area contributed by atoms with Crippen LogP contribution in [0.1, 0.15) is 52.4 Å². The molecule has 0 bridgehead atoms. The van der Waals surface area contributed by atoms with Crippen molar-refractivity contribution in [3.05, 3.63) is 0 Å². The molecule has 1 saturated carbocycles. The maximum absolute atomic E-state index is 5.95. The van der Waals surface area contributed by atoms with Crippen molar-refractivity contribution in [3.8, 4) is 0 Å². The molecule has 2 heteroatoms. The molecule has 0 saturated heterocycles. The molecule has 1 fully saturated rings. The summed E-state index contributed by atoms with van der Waals surface area (Å²) in [5.41, 5.74) is 5.95. The minimum atomic E-state index is 0.606. The van der Waals surface area contributed by atoms with Gasteiger partial charge in [0.05, 0.1) is 5.84 Å².